The number of nitrogens with zero attached hydrogens (tertiary/aromatic N) is 4. The molecule has 1 aromatic heterocycles. The van der Waals surface area contributed by atoms with E-state index in [1.54, 1.807) is 12.1 Å². The Labute approximate surface area is 232 Å². The largest absolute Gasteiger partial charge is 0.345 e. The predicted molar refractivity (Wildman–Crippen MR) is 152 cm³/mol. The Morgan fingerprint density at radius 2 is 1.56 bits per heavy atom. The molecule has 5 rings (SSSR count). The van der Waals surface area contributed by atoms with Crippen molar-refractivity contribution in [3.05, 3.63) is 112 Å². The van der Waals surface area contributed by atoms with E-state index in [1.165, 1.54) is 30.3 Å². The molecule has 1 saturated carbocycles. The lowest BCUT2D eigenvalue weighted by atomic mass is 9.88. The third kappa shape index (κ3) is 6.72. The number of nitro groups is 1. The van der Waals surface area contributed by atoms with E-state index in [2.05, 4.69) is 27.6 Å². The molecule has 1 atom stereocenters. The van der Waals surface area contributed by atoms with Gasteiger partial charge in [-0.1, -0.05) is 91.7 Å². The lowest BCUT2D eigenvalue weighted by Crippen LogP contribution is -2.37. The molecule has 0 saturated heterocycles. The van der Waals surface area contributed by atoms with Crippen LogP contribution < -0.4 is 5.32 Å². The van der Waals surface area contributed by atoms with Crippen LogP contribution in [0.5, 0.6) is 0 Å². The Kier molecular flexibility index (Phi) is 8.68. The molecule has 1 aliphatic carbocycles. The number of benzene rings is 3. The van der Waals surface area contributed by atoms with Crippen molar-refractivity contribution in [1.29, 1.82) is 0 Å². The normalized spacial score (nSPS) is 14.6. The maximum Gasteiger partial charge on any atom is 0.269 e. The smallest absolute Gasteiger partial charge is 0.269 e. The molecule has 0 spiro atoms. The number of carbonyl (C=O) groups excluding carboxylic acids is 1. The maximum absolute atomic E-state index is 13.4. The van der Waals surface area contributed by atoms with Crippen LogP contribution in [0.1, 0.15) is 55.1 Å². The topological polar surface area (TPSA) is 103 Å². The number of nitro benzene ring substituents is 1. The van der Waals surface area contributed by atoms with E-state index in [0.717, 1.165) is 36.8 Å². The number of aromatic nitrogens is 3. The second-order valence-electron chi connectivity index (χ2n) is 9.81. The first-order chi connectivity index (χ1) is 19.1. The second kappa shape index (κ2) is 12.7. The molecule has 1 heterocycles. The van der Waals surface area contributed by atoms with Gasteiger partial charge in [0.1, 0.15) is 0 Å². The summed E-state index contributed by atoms with van der Waals surface area (Å²) < 4.78 is 1.92. The number of hydrogen-bond acceptors (Lipinski definition) is 6. The molecule has 3 aromatic carbocycles. The Balaban J connectivity index is 1.52. The quantitative estimate of drug-likeness (QED) is 0.141. The molecule has 1 fully saturated rings. The zero-order valence-electron chi connectivity index (χ0n) is 21.6. The zero-order chi connectivity index (χ0) is 27.0. The summed E-state index contributed by atoms with van der Waals surface area (Å²) in [6.07, 6.45) is 5.66. The van der Waals surface area contributed by atoms with Crippen molar-refractivity contribution in [2.75, 3.05) is 0 Å². The molecule has 8 nitrogen and oxygen atoms in total. The van der Waals surface area contributed by atoms with E-state index in [-0.39, 0.29) is 17.5 Å². The van der Waals surface area contributed by atoms with Gasteiger partial charge in [0.05, 0.1) is 11.0 Å². The van der Waals surface area contributed by atoms with E-state index in [4.69, 9.17) is 0 Å². The first-order valence-electron chi connectivity index (χ1n) is 13.3. The number of thioether (sulfide) groups is 1. The molecule has 0 radical (unpaired) electrons. The number of rotatable bonds is 10. The zero-order valence-corrected chi connectivity index (χ0v) is 22.4. The third-order valence-electron chi connectivity index (χ3n) is 7.07. The van der Waals surface area contributed by atoms with Gasteiger partial charge < -0.3 is 5.32 Å². The van der Waals surface area contributed by atoms with Crippen LogP contribution in [0.4, 0.5) is 5.69 Å². The molecular formula is C30H31N5O3S. The summed E-state index contributed by atoms with van der Waals surface area (Å²) in [4.78, 5) is 24.3. The fourth-order valence-electron chi connectivity index (χ4n) is 5.00. The highest BCUT2D eigenvalue weighted by Crippen LogP contribution is 2.31. The number of nitrogens with one attached hydrogen (secondary N) is 1. The standard InChI is InChI=1S/C30H31N5O3S/c36-29(24-14-8-3-9-15-24)31-27(20-22-10-4-1-5-11-22)28-32-33-30(39-21-23-12-6-2-7-13-23)34(28)25-16-18-26(19-17-25)35(37)38/h1-2,4-7,10-13,16-19,24,27H,3,8-9,14-15,20-21H2,(H,31,36). The summed E-state index contributed by atoms with van der Waals surface area (Å²) in [5, 5.41) is 24.4. The first kappa shape index (κ1) is 26.6. The van der Waals surface area contributed by atoms with Gasteiger partial charge in [-0.25, -0.2) is 0 Å². The Hall–Kier alpha value is -3.98. The monoisotopic (exact) mass is 541 g/mol. The van der Waals surface area contributed by atoms with Crippen LogP contribution in [0.2, 0.25) is 0 Å². The Morgan fingerprint density at radius 3 is 2.21 bits per heavy atom. The fraction of sp³-hybridized carbons (Fsp3) is 0.300. The maximum atomic E-state index is 13.4. The van der Waals surface area contributed by atoms with Crippen LogP contribution in [0.3, 0.4) is 0 Å². The van der Waals surface area contributed by atoms with Gasteiger partial charge in [0.15, 0.2) is 11.0 Å². The molecule has 39 heavy (non-hydrogen) atoms. The van der Waals surface area contributed by atoms with Crippen LogP contribution in [0.15, 0.2) is 90.1 Å². The van der Waals surface area contributed by atoms with E-state index in [9.17, 15) is 14.9 Å². The van der Waals surface area contributed by atoms with Gasteiger partial charge in [0.2, 0.25) is 5.91 Å². The van der Waals surface area contributed by atoms with E-state index >= 15 is 0 Å². The molecule has 1 amide bonds. The van der Waals surface area contributed by atoms with Gasteiger partial charge >= 0.3 is 0 Å². The van der Waals surface area contributed by atoms with E-state index < -0.39 is 11.0 Å². The number of carbonyl (C=O) groups is 1. The third-order valence-corrected chi connectivity index (χ3v) is 8.07. The number of hydrogen-bond donors (Lipinski definition) is 1. The summed E-state index contributed by atoms with van der Waals surface area (Å²) in [7, 11) is 0. The second-order valence-corrected chi connectivity index (χ2v) is 10.8. The molecular weight excluding hydrogens is 510 g/mol. The van der Waals surface area contributed by atoms with Gasteiger partial charge in [-0.2, -0.15) is 0 Å². The van der Waals surface area contributed by atoms with Crippen LogP contribution >= 0.6 is 11.8 Å². The number of non-ortho nitro benzene ring substituents is 1. The summed E-state index contributed by atoms with van der Waals surface area (Å²) >= 11 is 1.54. The van der Waals surface area contributed by atoms with Gasteiger partial charge in [-0.15, -0.1) is 10.2 Å². The summed E-state index contributed by atoms with van der Waals surface area (Å²) in [5.41, 5.74) is 2.94. The van der Waals surface area contributed by atoms with Crippen molar-refractivity contribution in [2.45, 2.75) is 55.5 Å². The van der Waals surface area contributed by atoms with Gasteiger partial charge in [-0.3, -0.25) is 19.5 Å². The minimum absolute atomic E-state index is 0.000282. The fourth-order valence-corrected chi connectivity index (χ4v) is 5.91. The van der Waals surface area contributed by atoms with Crippen molar-refractivity contribution in [3.63, 3.8) is 0 Å². The molecule has 1 aliphatic rings. The van der Waals surface area contributed by atoms with Crippen molar-refractivity contribution in [2.24, 2.45) is 5.92 Å². The SMILES string of the molecule is O=C(NC(Cc1ccccc1)c1nnc(SCc2ccccc2)n1-c1ccc([N+](=O)[O-])cc1)C1CCCCC1. The van der Waals surface area contributed by atoms with E-state index in [0.29, 0.717) is 28.8 Å². The van der Waals surface area contributed by atoms with Crippen molar-refractivity contribution in [3.8, 4) is 5.69 Å². The minimum Gasteiger partial charge on any atom is -0.345 e. The summed E-state index contributed by atoms with van der Waals surface area (Å²) in [6, 6.07) is 26.1. The first-order valence-corrected chi connectivity index (χ1v) is 14.3. The molecule has 0 bridgehead atoms. The predicted octanol–water partition coefficient (Wildman–Crippen LogP) is 6.45. The van der Waals surface area contributed by atoms with Crippen LogP contribution in [0.25, 0.3) is 5.69 Å². The molecule has 9 heteroatoms. The minimum atomic E-state index is -0.421. The van der Waals surface area contributed by atoms with Gasteiger partial charge in [-0.05, 0) is 42.5 Å². The summed E-state index contributed by atoms with van der Waals surface area (Å²) in [5.74, 6) is 1.34. The van der Waals surface area contributed by atoms with Gasteiger partial charge in [0.25, 0.3) is 5.69 Å². The van der Waals surface area contributed by atoms with Crippen molar-refractivity contribution >= 4 is 23.4 Å². The average molecular weight is 542 g/mol. The Bertz CT molecular complexity index is 1390. The lowest BCUT2D eigenvalue weighted by molar-refractivity contribution is -0.384. The van der Waals surface area contributed by atoms with E-state index in [1.807, 2.05) is 53.1 Å². The highest BCUT2D eigenvalue weighted by Gasteiger charge is 2.28. The highest BCUT2D eigenvalue weighted by atomic mass is 32.2. The van der Waals surface area contributed by atoms with Gasteiger partial charge in [0, 0.05) is 29.5 Å². The average Bonchev–Trinajstić information content (AvgIpc) is 3.41. The highest BCUT2D eigenvalue weighted by molar-refractivity contribution is 7.98. The molecule has 0 aliphatic heterocycles. The van der Waals surface area contributed by atoms with Crippen LogP contribution in [-0.2, 0) is 17.0 Å². The van der Waals surface area contributed by atoms with Crippen molar-refractivity contribution in [1.82, 2.24) is 20.1 Å². The van der Waals surface area contributed by atoms with Crippen molar-refractivity contribution < 1.29 is 9.72 Å². The Morgan fingerprint density at radius 1 is 0.923 bits per heavy atom. The molecule has 200 valence electrons. The molecule has 1 N–H and O–H groups in total. The molecule has 4 aromatic rings. The number of amides is 1. The molecule has 1 unspecified atom stereocenters. The van der Waals surface area contributed by atoms with Crippen LogP contribution in [-0.4, -0.2) is 25.6 Å². The lowest BCUT2D eigenvalue weighted by Gasteiger charge is -2.25. The summed E-state index contributed by atoms with van der Waals surface area (Å²) in [6.45, 7) is 0. The van der Waals surface area contributed by atoms with Crippen LogP contribution in [0, 0.1) is 16.0 Å².